The van der Waals surface area contributed by atoms with Crippen molar-refractivity contribution in [2.24, 2.45) is 5.73 Å². The molecule has 116 valence electrons. The molecule has 0 fully saturated rings. The van der Waals surface area contributed by atoms with Gasteiger partial charge in [0.05, 0.1) is 0 Å². The summed E-state index contributed by atoms with van der Waals surface area (Å²) in [7, 11) is 4.10. The van der Waals surface area contributed by atoms with E-state index < -0.39 is 0 Å². The Labute approximate surface area is 131 Å². The van der Waals surface area contributed by atoms with Crippen molar-refractivity contribution in [1.29, 1.82) is 0 Å². The van der Waals surface area contributed by atoms with Crippen LogP contribution in [0.5, 0.6) is 11.5 Å². The second kappa shape index (κ2) is 6.28. The zero-order valence-corrected chi connectivity index (χ0v) is 13.1. The molecule has 0 aromatic heterocycles. The van der Waals surface area contributed by atoms with Crippen LogP contribution in [0.2, 0.25) is 0 Å². The van der Waals surface area contributed by atoms with E-state index in [0.717, 1.165) is 17.9 Å². The fourth-order valence-electron chi connectivity index (χ4n) is 2.75. The number of fused-ring (bicyclic) bond motifs is 1. The van der Waals surface area contributed by atoms with Crippen LogP contribution in [0.4, 0.5) is 5.69 Å². The van der Waals surface area contributed by atoms with Crippen molar-refractivity contribution < 1.29 is 9.47 Å². The van der Waals surface area contributed by atoms with Crippen LogP contribution in [0, 0.1) is 0 Å². The highest BCUT2D eigenvalue weighted by Gasteiger charge is 2.16. The second-order valence-electron chi connectivity index (χ2n) is 5.81. The molecular weight excluding hydrogens is 276 g/mol. The minimum absolute atomic E-state index is 0.292. The summed E-state index contributed by atoms with van der Waals surface area (Å²) in [5, 5.41) is 0. The van der Waals surface area contributed by atoms with Gasteiger partial charge in [-0.1, -0.05) is 18.2 Å². The minimum Gasteiger partial charge on any atom is -0.454 e. The quantitative estimate of drug-likeness (QED) is 0.922. The largest absolute Gasteiger partial charge is 0.454 e. The number of nitrogens with two attached hydrogens (primary N) is 1. The molecule has 0 bridgehead atoms. The maximum Gasteiger partial charge on any atom is 0.231 e. The standard InChI is InChI=1S/C18H22N2O2/c1-20(2)16-5-3-4-14(10-16)15(11-19)8-13-6-7-17-18(9-13)22-12-21-17/h3-7,9-10,15H,8,11-12,19H2,1-2H3. The summed E-state index contributed by atoms with van der Waals surface area (Å²) in [5.74, 6) is 1.94. The first-order chi connectivity index (χ1) is 10.7. The Kier molecular flexibility index (Phi) is 4.20. The van der Waals surface area contributed by atoms with Crippen LogP contribution >= 0.6 is 0 Å². The molecular formula is C18H22N2O2. The first-order valence-electron chi connectivity index (χ1n) is 7.53. The summed E-state index contributed by atoms with van der Waals surface area (Å²) >= 11 is 0. The van der Waals surface area contributed by atoms with Crippen molar-refractivity contribution >= 4 is 5.69 Å². The molecule has 2 aromatic rings. The van der Waals surface area contributed by atoms with Crippen LogP contribution in [0.15, 0.2) is 42.5 Å². The average molecular weight is 298 g/mol. The Morgan fingerprint density at radius 2 is 1.91 bits per heavy atom. The molecule has 4 nitrogen and oxygen atoms in total. The highest BCUT2D eigenvalue weighted by atomic mass is 16.7. The van der Waals surface area contributed by atoms with Gasteiger partial charge in [-0.2, -0.15) is 0 Å². The number of rotatable bonds is 5. The van der Waals surface area contributed by atoms with Crippen LogP contribution in [0.25, 0.3) is 0 Å². The highest BCUT2D eigenvalue weighted by molar-refractivity contribution is 5.49. The maximum atomic E-state index is 6.02. The molecule has 0 saturated carbocycles. The summed E-state index contributed by atoms with van der Waals surface area (Å²) in [4.78, 5) is 2.11. The molecule has 3 rings (SSSR count). The molecule has 22 heavy (non-hydrogen) atoms. The SMILES string of the molecule is CN(C)c1cccc(C(CN)Cc2ccc3c(c2)OCO3)c1. The molecule has 2 N–H and O–H groups in total. The molecule has 2 aromatic carbocycles. The summed E-state index contributed by atoms with van der Waals surface area (Å²) in [6.07, 6.45) is 0.893. The lowest BCUT2D eigenvalue weighted by atomic mass is 9.91. The third-order valence-electron chi connectivity index (χ3n) is 4.06. The lowest BCUT2D eigenvalue weighted by molar-refractivity contribution is 0.174. The van der Waals surface area contributed by atoms with E-state index >= 15 is 0 Å². The molecule has 0 radical (unpaired) electrons. The van der Waals surface area contributed by atoms with E-state index in [2.05, 4.69) is 55.4 Å². The Hall–Kier alpha value is -2.20. The number of nitrogens with zero attached hydrogens (tertiary/aromatic N) is 1. The van der Waals surface area contributed by atoms with E-state index in [1.54, 1.807) is 0 Å². The molecule has 0 saturated heterocycles. The van der Waals surface area contributed by atoms with Gasteiger partial charge in [-0.25, -0.2) is 0 Å². The van der Waals surface area contributed by atoms with Crippen LogP contribution < -0.4 is 20.1 Å². The fourth-order valence-corrected chi connectivity index (χ4v) is 2.75. The number of hydrogen-bond acceptors (Lipinski definition) is 4. The predicted octanol–water partition coefficient (Wildman–Crippen LogP) is 2.77. The number of hydrogen-bond donors (Lipinski definition) is 1. The van der Waals surface area contributed by atoms with Crippen LogP contribution in [0.3, 0.4) is 0 Å². The van der Waals surface area contributed by atoms with Crippen molar-refractivity contribution in [2.45, 2.75) is 12.3 Å². The zero-order valence-electron chi connectivity index (χ0n) is 13.1. The van der Waals surface area contributed by atoms with Crippen LogP contribution in [0.1, 0.15) is 17.0 Å². The van der Waals surface area contributed by atoms with Gasteiger partial charge in [-0.15, -0.1) is 0 Å². The lowest BCUT2D eigenvalue weighted by Crippen LogP contribution is -2.16. The third-order valence-corrected chi connectivity index (χ3v) is 4.06. The van der Waals surface area contributed by atoms with E-state index in [4.69, 9.17) is 15.2 Å². The van der Waals surface area contributed by atoms with Gasteiger partial charge in [0, 0.05) is 25.7 Å². The van der Waals surface area contributed by atoms with Gasteiger partial charge >= 0.3 is 0 Å². The average Bonchev–Trinajstić information content (AvgIpc) is 3.00. The highest BCUT2D eigenvalue weighted by Crippen LogP contribution is 2.34. The Balaban J connectivity index is 1.81. The van der Waals surface area contributed by atoms with E-state index in [0.29, 0.717) is 19.3 Å². The maximum absolute atomic E-state index is 6.02. The first kappa shape index (κ1) is 14.7. The molecule has 1 aliphatic heterocycles. The minimum atomic E-state index is 0.292. The first-order valence-corrected chi connectivity index (χ1v) is 7.53. The summed E-state index contributed by atoms with van der Waals surface area (Å²) in [6.45, 7) is 0.926. The van der Waals surface area contributed by atoms with Gasteiger partial charge in [0.25, 0.3) is 0 Å². The smallest absolute Gasteiger partial charge is 0.231 e. The Morgan fingerprint density at radius 1 is 1.09 bits per heavy atom. The monoisotopic (exact) mass is 298 g/mol. The van der Waals surface area contributed by atoms with Crippen LogP contribution in [-0.4, -0.2) is 27.4 Å². The van der Waals surface area contributed by atoms with Crippen molar-refractivity contribution in [3.63, 3.8) is 0 Å². The summed E-state index contributed by atoms with van der Waals surface area (Å²) in [6, 6.07) is 14.7. The molecule has 0 spiro atoms. The van der Waals surface area contributed by atoms with Crippen molar-refractivity contribution in [3.8, 4) is 11.5 Å². The lowest BCUT2D eigenvalue weighted by Gasteiger charge is -2.19. The van der Waals surface area contributed by atoms with Crippen molar-refractivity contribution in [3.05, 3.63) is 53.6 Å². The number of benzene rings is 2. The zero-order chi connectivity index (χ0) is 15.5. The van der Waals surface area contributed by atoms with E-state index in [-0.39, 0.29) is 0 Å². The molecule has 1 atom stereocenters. The number of ether oxygens (including phenoxy) is 2. The van der Waals surface area contributed by atoms with Gasteiger partial charge < -0.3 is 20.1 Å². The molecule has 1 heterocycles. The van der Waals surface area contributed by atoms with Gasteiger partial charge in [0.1, 0.15) is 0 Å². The van der Waals surface area contributed by atoms with Gasteiger partial charge in [0.15, 0.2) is 11.5 Å². The normalized spacial score (nSPS) is 14.0. The molecule has 0 amide bonds. The fraction of sp³-hybridized carbons (Fsp3) is 0.333. The molecule has 1 aliphatic rings. The summed E-state index contributed by atoms with van der Waals surface area (Å²) < 4.78 is 10.8. The molecule has 1 unspecified atom stereocenters. The van der Waals surface area contributed by atoms with E-state index in [1.165, 1.54) is 16.8 Å². The topological polar surface area (TPSA) is 47.7 Å². The molecule has 4 heteroatoms. The second-order valence-corrected chi connectivity index (χ2v) is 5.81. The number of anilines is 1. The Morgan fingerprint density at radius 3 is 2.68 bits per heavy atom. The third kappa shape index (κ3) is 3.02. The predicted molar refractivity (Wildman–Crippen MR) is 88.8 cm³/mol. The van der Waals surface area contributed by atoms with E-state index in [9.17, 15) is 0 Å². The molecule has 0 aliphatic carbocycles. The van der Waals surface area contributed by atoms with Crippen LogP contribution in [-0.2, 0) is 6.42 Å². The van der Waals surface area contributed by atoms with Crippen molar-refractivity contribution in [2.75, 3.05) is 32.3 Å². The van der Waals surface area contributed by atoms with Crippen molar-refractivity contribution in [1.82, 2.24) is 0 Å². The Bertz CT molecular complexity index is 655. The van der Waals surface area contributed by atoms with Gasteiger partial charge in [0.2, 0.25) is 6.79 Å². The van der Waals surface area contributed by atoms with Gasteiger partial charge in [-0.05, 0) is 48.4 Å². The van der Waals surface area contributed by atoms with E-state index in [1.807, 2.05) is 6.07 Å². The summed E-state index contributed by atoms with van der Waals surface area (Å²) in [5.41, 5.74) is 9.71. The van der Waals surface area contributed by atoms with Gasteiger partial charge in [-0.3, -0.25) is 0 Å².